The van der Waals surface area contributed by atoms with Crippen LogP contribution in [0.15, 0.2) is 46.3 Å². The van der Waals surface area contributed by atoms with Crippen LogP contribution in [0.2, 0.25) is 5.02 Å². The van der Waals surface area contributed by atoms with Crippen LogP contribution in [0.3, 0.4) is 0 Å². The van der Waals surface area contributed by atoms with Crippen molar-refractivity contribution in [3.63, 3.8) is 0 Å². The highest BCUT2D eigenvalue weighted by molar-refractivity contribution is 6.33. The molecule has 7 heteroatoms. The molecule has 132 valence electrons. The molecule has 2 aromatic carbocycles. The molecule has 0 aliphatic carbocycles. The molecule has 2 N–H and O–H groups in total. The third-order valence-electron chi connectivity index (χ3n) is 4.00. The Morgan fingerprint density at radius 2 is 2.00 bits per heavy atom. The summed E-state index contributed by atoms with van der Waals surface area (Å²) < 4.78 is 0. The number of carbonyl (C=O) groups is 1. The predicted molar refractivity (Wildman–Crippen MR) is 103 cm³/mol. The molecule has 0 unspecified atom stereocenters. The molecule has 1 aromatic heterocycles. The second-order valence-electron chi connectivity index (χ2n) is 5.96. The Kier molecular flexibility index (Phi) is 5.14. The van der Waals surface area contributed by atoms with Crippen LogP contribution >= 0.6 is 11.6 Å². The third-order valence-corrected chi connectivity index (χ3v) is 4.35. The van der Waals surface area contributed by atoms with Crippen molar-refractivity contribution in [1.82, 2.24) is 15.4 Å². The number of aromatic nitrogens is 2. The monoisotopic (exact) mass is 368 g/mol. The van der Waals surface area contributed by atoms with E-state index in [4.69, 9.17) is 11.6 Å². The minimum absolute atomic E-state index is 0.145. The van der Waals surface area contributed by atoms with E-state index in [9.17, 15) is 9.59 Å². The first-order valence-electron chi connectivity index (χ1n) is 8.00. The summed E-state index contributed by atoms with van der Waals surface area (Å²) in [4.78, 5) is 31.3. The maximum atomic E-state index is 12.2. The van der Waals surface area contributed by atoms with Gasteiger partial charge in [-0.05, 0) is 43.2 Å². The number of fused-ring (bicyclic) bond motifs is 1. The maximum Gasteiger partial charge on any atom is 0.270 e. The number of rotatable bonds is 4. The average molecular weight is 369 g/mol. The molecule has 0 saturated carbocycles. The number of hydrogen-bond acceptors (Lipinski definition) is 4. The number of amides is 1. The van der Waals surface area contributed by atoms with Gasteiger partial charge in [0.2, 0.25) is 5.91 Å². The van der Waals surface area contributed by atoms with E-state index in [0.717, 1.165) is 11.1 Å². The van der Waals surface area contributed by atoms with Gasteiger partial charge < -0.3 is 4.98 Å². The van der Waals surface area contributed by atoms with Crippen LogP contribution < -0.4 is 11.0 Å². The highest BCUT2D eigenvalue weighted by atomic mass is 35.5. The topological polar surface area (TPSA) is 87.2 Å². The number of aromatic amines is 1. The standard InChI is InChI=1S/C19H17ClN4O2/c1-11-7-15-16(8-12(11)2)23-19(26)17(22-15)9-18(25)24-21-10-13-5-3-4-6-14(13)20/h3-8,10H,9H2,1-2H3,(H,23,26)(H,24,25)/b21-10+. The van der Waals surface area contributed by atoms with Crippen molar-refractivity contribution in [2.75, 3.05) is 0 Å². The van der Waals surface area contributed by atoms with E-state index in [-0.39, 0.29) is 17.7 Å². The molecule has 0 aliphatic heterocycles. The zero-order valence-corrected chi connectivity index (χ0v) is 15.1. The summed E-state index contributed by atoms with van der Waals surface area (Å²) in [5, 5.41) is 4.40. The van der Waals surface area contributed by atoms with Crippen molar-refractivity contribution in [3.8, 4) is 0 Å². The zero-order chi connectivity index (χ0) is 18.7. The van der Waals surface area contributed by atoms with Crippen molar-refractivity contribution < 1.29 is 4.79 Å². The lowest BCUT2D eigenvalue weighted by Crippen LogP contribution is -2.25. The van der Waals surface area contributed by atoms with Crippen molar-refractivity contribution >= 4 is 34.8 Å². The Balaban J connectivity index is 1.75. The summed E-state index contributed by atoms with van der Waals surface area (Å²) in [6.45, 7) is 3.93. The fraction of sp³-hybridized carbons (Fsp3) is 0.158. The molecule has 1 amide bonds. The third kappa shape index (κ3) is 3.97. The number of benzene rings is 2. The molecule has 0 aliphatic rings. The van der Waals surface area contributed by atoms with Gasteiger partial charge in [0.1, 0.15) is 5.69 Å². The van der Waals surface area contributed by atoms with Crippen LogP contribution in [0.25, 0.3) is 11.0 Å². The van der Waals surface area contributed by atoms with Gasteiger partial charge in [-0.2, -0.15) is 5.10 Å². The van der Waals surface area contributed by atoms with Gasteiger partial charge >= 0.3 is 0 Å². The van der Waals surface area contributed by atoms with E-state index < -0.39 is 5.91 Å². The quantitative estimate of drug-likeness (QED) is 0.548. The number of hydrogen-bond donors (Lipinski definition) is 2. The summed E-state index contributed by atoms with van der Waals surface area (Å²) in [5.41, 5.74) is 6.26. The molecular weight excluding hydrogens is 352 g/mol. The summed E-state index contributed by atoms with van der Waals surface area (Å²) >= 11 is 6.01. The lowest BCUT2D eigenvalue weighted by atomic mass is 10.1. The van der Waals surface area contributed by atoms with Gasteiger partial charge in [-0.1, -0.05) is 29.8 Å². The normalized spacial score (nSPS) is 11.2. The first-order chi connectivity index (χ1) is 12.4. The molecule has 3 rings (SSSR count). The summed E-state index contributed by atoms with van der Waals surface area (Å²) in [5.74, 6) is -0.436. The number of carbonyl (C=O) groups excluding carboxylic acids is 1. The molecule has 0 fully saturated rings. The van der Waals surface area contributed by atoms with Crippen LogP contribution in [0.5, 0.6) is 0 Å². The molecule has 1 heterocycles. The fourth-order valence-electron chi connectivity index (χ4n) is 2.45. The Hall–Kier alpha value is -2.99. The molecule has 0 spiro atoms. The smallest absolute Gasteiger partial charge is 0.270 e. The van der Waals surface area contributed by atoms with E-state index in [1.54, 1.807) is 18.2 Å². The number of aryl methyl sites for hydroxylation is 2. The predicted octanol–water partition coefficient (Wildman–Crippen LogP) is 2.89. The number of halogens is 1. The van der Waals surface area contributed by atoms with E-state index in [2.05, 4.69) is 20.5 Å². The van der Waals surface area contributed by atoms with Crippen molar-refractivity contribution in [2.45, 2.75) is 20.3 Å². The number of nitrogens with zero attached hydrogens (tertiary/aromatic N) is 2. The molecule has 0 saturated heterocycles. The maximum absolute atomic E-state index is 12.2. The van der Waals surface area contributed by atoms with Gasteiger partial charge in [0.25, 0.3) is 5.56 Å². The molecule has 6 nitrogen and oxygen atoms in total. The van der Waals surface area contributed by atoms with Crippen LogP contribution in [0, 0.1) is 13.8 Å². The SMILES string of the molecule is Cc1cc2nc(CC(=O)N/N=C/c3ccccc3Cl)c(=O)[nH]c2cc1C. The fourth-order valence-corrected chi connectivity index (χ4v) is 2.63. The van der Waals surface area contributed by atoms with Gasteiger partial charge in [0.05, 0.1) is 23.7 Å². The lowest BCUT2D eigenvalue weighted by molar-refractivity contribution is -0.120. The second-order valence-corrected chi connectivity index (χ2v) is 6.36. The van der Waals surface area contributed by atoms with Crippen LogP contribution in [0.1, 0.15) is 22.4 Å². The van der Waals surface area contributed by atoms with Gasteiger partial charge in [-0.15, -0.1) is 0 Å². The largest absolute Gasteiger partial charge is 0.319 e. The van der Waals surface area contributed by atoms with Gasteiger partial charge in [-0.25, -0.2) is 10.4 Å². The minimum atomic E-state index is -0.436. The van der Waals surface area contributed by atoms with Crippen molar-refractivity contribution in [2.24, 2.45) is 5.10 Å². The lowest BCUT2D eigenvalue weighted by Gasteiger charge is -2.05. The first kappa shape index (κ1) is 17.8. The van der Waals surface area contributed by atoms with Crippen molar-refractivity contribution in [3.05, 3.63) is 74.2 Å². The Bertz CT molecular complexity index is 1070. The van der Waals surface area contributed by atoms with Gasteiger partial charge in [-0.3, -0.25) is 9.59 Å². The van der Waals surface area contributed by atoms with Gasteiger partial charge in [0.15, 0.2) is 0 Å². The van der Waals surface area contributed by atoms with E-state index >= 15 is 0 Å². The first-order valence-corrected chi connectivity index (χ1v) is 8.38. The van der Waals surface area contributed by atoms with Crippen LogP contribution in [0.4, 0.5) is 0 Å². The highest BCUT2D eigenvalue weighted by Crippen LogP contribution is 2.15. The Morgan fingerprint density at radius 3 is 2.77 bits per heavy atom. The Labute approximate surface area is 154 Å². The summed E-state index contributed by atoms with van der Waals surface area (Å²) in [6, 6.07) is 10.9. The molecule has 0 radical (unpaired) electrons. The van der Waals surface area contributed by atoms with Crippen molar-refractivity contribution in [1.29, 1.82) is 0 Å². The van der Waals surface area contributed by atoms with Gasteiger partial charge in [0, 0.05) is 10.6 Å². The molecule has 3 aromatic rings. The zero-order valence-electron chi connectivity index (χ0n) is 14.3. The Morgan fingerprint density at radius 1 is 1.27 bits per heavy atom. The second kappa shape index (κ2) is 7.49. The highest BCUT2D eigenvalue weighted by Gasteiger charge is 2.10. The van der Waals surface area contributed by atoms with E-state index in [0.29, 0.717) is 21.6 Å². The average Bonchev–Trinajstić information content (AvgIpc) is 2.59. The molecular formula is C19H17ClN4O2. The molecule has 0 atom stereocenters. The number of hydrazone groups is 1. The van der Waals surface area contributed by atoms with Crippen LogP contribution in [-0.2, 0) is 11.2 Å². The number of nitrogens with one attached hydrogen (secondary N) is 2. The van der Waals surface area contributed by atoms with E-state index in [1.165, 1.54) is 6.21 Å². The summed E-state index contributed by atoms with van der Waals surface area (Å²) in [7, 11) is 0. The molecule has 26 heavy (non-hydrogen) atoms. The van der Waals surface area contributed by atoms with Crippen LogP contribution in [-0.4, -0.2) is 22.1 Å². The minimum Gasteiger partial charge on any atom is -0.319 e. The van der Waals surface area contributed by atoms with E-state index in [1.807, 2.05) is 32.0 Å². The number of H-pyrrole nitrogens is 1. The molecule has 0 bridgehead atoms. The summed E-state index contributed by atoms with van der Waals surface area (Å²) in [6.07, 6.45) is 1.28.